The highest BCUT2D eigenvalue weighted by molar-refractivity contribution is 7.22. The maximum absolute atomic E-state index is 13.6. The molecule has 4 rings (SSSR count). The van der Waals surface area contributed by atoms with Gasteiger partial charge in [-0.1, -0.05) is 41.2 Å². The van der Waals surface area contributed by atoms with E-state index in [1.165, 1.54) is 28.5 Å². The molecule has 3 aromatic carbocycles. The summed E-state index contributed by atoms with van der Waals surface area (Å²) in [7, 11) is 0. The van der Waals surface area contributed by atoms with E-state index in [4.69, 9.17) is 5.26 Å². The molecular weight excluding hydrogens is 399 g/mol. The summed E-state index contributed by atoms with van der Waals surface area (Å²) in [6.07, 6.45) is 1.58. The van der Waals surface area contributed by atoms with Gasteiger partial charge in [0.05, 0.1) is 28.1 Å². The minimum Gasteiger partial charge on any atom is -0.267 e. The Kier molecular flexibility index (Phi) is 5.33. The largest absolute Gasteiger partial charge is 0.280 e. The Morgan fingerprint density at radius 1 is 1.13 bits per heavy atom. The Balaban J connectivity index is 1.75. The molecule has 7 heteroatoms. The molecule has 0 spiro atoms. The van der Waals surface area contributed by atoms with E-state index in [9.17, 15) is 9.18 Å². The number of nitrogens with zero attached hydrogens (tertiary/aromatic N) is 4. The van der Waals surface area contributed by atoms with Crippen LogP contribution in [0.15, 0.2) is 71.8 Å². The van der Waals surface area contributed by atoms with Crippen molar-refractivity contribution in [2.75, 3.05) is 5.01 Å². The van der Waals surface area contributed by atoms with Gasteiger partial charge in [-0.3, -0.25) is 4.79 Å². The van der Waals surface area contributed by atoms with Gasteiger partial charge < -0.3 is 0 Å². The van der Waals surface area contributed by atoms with Gasteiger partial charge in [-0.15, -0.1) is 0 Å². The number of benzene rings is 3. The molecule has 5 nitrogen and oxygen atoms in total. The van der Waals surface area contributed by atoms with Crippen molar-refractivity contribution in [2.45, 2.75) is 6.92 Å². The Morgan fingerprint density at radius 2 is 1.87 bits per heavy atom. The summed E-state index contributed by atoms with van der Waals surface area (Å²) in [6.45, 7) is 1.99. The van der Waals surface area contributed by atoms with E-state index >= 15 is 0 Å². The molecule has 0 saturated heterocycles. The number of carbonyl (C=O) groups is 1. The number of rotatable bonds is 4. The fourth-order valence-electron chi connectivity index (χ4n) is 2.75. The lowest BCUT2D eigenvalue weighted by molar-refractivity contribution is 0.0988. The average molecular weight is 414 g/mol. The molecule has 1 aromatic heterocycles. The Hall–Kier alpha value is -3.89. The standard InChI is InChI=1S/C23H15FN4OS/c1-15-2-4-17(5-3-15)14-26-28(22(29)18-8-6-16(13-25)7-9-18)23-27-20-11-10-19(24)12-21(20)30-23/h2-12,14H,1H3/b26-14+. The van der Waals surface area contributed by atoms with Gasteiger partial charge in [-0.2, -0.15) is 15.4 Å². The van der Waals surface area contributed by atoms with Crippen LogP contribution in [-0.2, 0) is 0 Å². The molecule has 0 aliphatic carbocycles. The minimum atomic E-state index is -0.401. The number of thiazole rings is 1. The highest BCUT2D eigenvalue weighted by Crippen LogP contribution is 2.30. The molecule has 30 heavy (non-hydrogen) atoms. The van der Waals surface area contributed by atoms with Gasteiger partial charge in [0.1, 0.15) is 5.82 Å². The number of anilines is 1. The van der Waals surface area contributed by atoms with E-state index in [0.717, 1.165) is 11.1 Å². The lowest BCUT2D eigenvalue weighted by Gasteiger charge is -2.14. The Labute approximate surface area is 176 Å². The zero-order valence-electron chi connectivity index (χ0n) is 15.9. The third-order valence-electron chi connectivity index (χ3n) is 4.37. The number of amides is 1. The highest BCUT2D eigenvalue weighted by Gasteiger charge is 2.21. The van der Waals surface area contributed by atoms with Gasteiger partial charge >= 0.3 is 0 Å². The number of fused-ring (bicyclic) bond motifs is 1. The van der Waals surface area contributed by atoms with Crippen LogP contribution in [0, 0.1) is 24.1 Å². The fraction of sp³-hybridized carbons (Fsp3) is 0.0435. The summed E-state index contributed by atoms with van der Waals surface area (Å²) < 4.78 is 14.2. The van der Waals surface area contributed by atoms with E-state index in [0.29, 0.717) is 26.5 Å². The third kappa shape index (κ3) is 4.09. The van der Waals surface area contributed by atoms with Crippen LogP contribution in [0.3, 0.4) is 0 Å². The van der Waals surface area contributed by atoms with Crippen molar-refractivity contribution in [2.24, 2.45) is 5.10 Å². The molecule has 0 N–H and O–H groups in total. The number of aryl methyl sites for hydroxylation is 1. The molecule has 1 heterocycles. The maximum atomic E-state index is 13.6. The van der Waals surface area contributed by atoms with Gasteiger partial charge in [-0.25, -0.2) is 9.37 Å². The smallest absolute Gasteiger partial charge is 0.267 e. The number of halogens is 1. The van der Waals surface area contributed by atoms with Crippen LogP contribution in [0.2, 0.25) is 0 Å². The summed E-state index contributed by atoms with van der Waals surface area (Å²) in [5.41, 5.74) is 3.34. The number of hydrogen-bond acceptors (Lipinski definition) is 5. The normalized spacial score (nSPS) is 11.0. The van der Waals surface area contributed by atoms with Crippen LogP contribution in [0.25, 0.3) is 10.2 Å². The van der Waals surface area contributed by atoms with Gasteiger partial charge in [0, 0.05) is 5.56 Å². The zero-order valence-corrected chi connectivity index (χ0v) is 16.7. The van der Waals surface area contributed by atoms with E-state index in [-0.39, 0.29) is 5.82 Å². The summed E-state index contributed by atoms with van der Waals surface area (Å²) in [4.78, 5) is 17.6. The molecule has 0 saturated carbocycles. The SMILES string of the molecule is Cc1ccc(/C=N/N(C(=O)c2ccc(C#N)cc2)c2nc3ccc(F)cc3s2)cc1. The second-order valence-electron chi connectivity index (χ2n) is 6.57. The van der Waals surface area contributed by atoms with E-state index < -0.39 is 5.91 Å². The Morgan fingerprint density at radius 3 is 2.57 bits per heavy atom. The number of nitriles is 1. The van der Waals surface area contributed by atoms with Crippen LogP contribution in [0.4, 0.5) is 9.52 Å². The molecule has 4 aromatic rings. The van der Waals surface area contributed by atoms with Crippen LogP contribution in [-0.4, -0.2) is 17.1 Å². The summed E-state index contributed by atoms with van der Waals surface area (Å²) in [5.74, 6) is -0.770. The first-order valence-corrected chi connectivity index (χ1v) is 9.86. The van der Waals surface area contributed by atoms with Gasteiger partial charge in [0.25, 0.3) is 5.91 Å². The highest BCUT2D eigenvalue weighted by atomic mass is 32.1. The molecule has 0 fully saturated rings. The minimum absolute atomic E-state index is 0.327. The molecule has 0 unspecified atom stereocenters. The molecule has 0 aliphatic rings. The Bertz CT molecular complexity index is 1290. The number of aromatic nitrogens is 1. The molecule has 1 amide bonds. The predicted molar refractivity (Wildman–Crippen MR) is 116 cm³/mol. The van der Waals surface area contributed by atoms with Crippen molar-refractivity contribution >= 4 is 38.8 Å². The van der Waals surface area contributed by atoms with Gasteiger partial charge in [0.2, 0.25) is 5.13 Å². The molecule has 0 radical (unpaired) electrons. The van der Waals surface area contributed by atoms with Crippen molar-refractivity contribution in [3.63, 3.8) is 0 Å². The monoisotopic (exact) mass is 414 g/mol. The third-order valence-corrected chi connectivity index (χ3v) is 5.37. The van der Waals surface area contributed by atoms with Crippen LogP contribution in [0.1, 0.15) is 27.0 Å². The van der Waals surface area contributed by atoms with Crippen LogP contribution >= 0.6 is 11.3 Å². The topological polar surface area (TPSA) is 69.3 Å². The summed E-state index contributed by atoms with van der Waals surface area (Å²) in [6, 6.07) is 20.3. The molecule has 0 bridgehead atoms. The number of carbonyl (C=O) groups excluding carboxylic acids is 1. The lowest BCUT2D eigenvalue weighted by Crippen LogP contribution is -2.25. The molecular formula is C23H15FN4OS. The predicted octanol–water partition coefficient (Wildman–Crippen LogP) is 5.30. The fourth-order valence-corrected chi connectivity index (χ4v) is 3.70. The van der Waals surface area contributed by atoms with E-state index in [1.54, 1.807) is 36.5 Å². The first-order chi connectivity index (χ1) is 14.5. The molecule has 0 aliphatic heterocycles. The van der Waals surface area contributed by atoms with Crippen molar-refractivity contribution in [1.29, 1.82) is 5.26 Å². The van der Waals surface area contributed by atoms with E-state index in [1.807, 2.05) is 37.3 Å². The van der Waals surface area contributed by atoms with Crippen molar-refractivity contribution in [3.8, 4) is 6.07 Å². The molecule has 146 valence electrons. The van der Waals surface area contributed by atoms with E-state index in [2.05, 4.69) is 10.1 Å². The lowest BCUT2D eigenvalue weighted by atomic mass is 10.1. The van der Waals surface area contributed by atoms with Crippen LogP contribution in [0.5, 0.6) is 0 Å². The number of hydrogen-bond donors (Lipinski definition) is 0. The first-order valence-electron chi connectivity index (χ1n) is 9.05. The second kappa shape index (κ2) is 8.23. The zero-order chi connectivity index (χ0) is 21.1. The van der Waals surface area contributed by atoms with Crippen LogP contribution < -0.4 is 5.01 Å². The molecule has 0 atom stereocenters. The van der Waals surface area contributed by atoms with Gasteiger partial charge in [0.15, 0.2) is 0 Å². The van der Waals surface area contributed by atoms with Gasteiger partial charge in [-0.05, 0) is 55.0 Å². The average Bonchev–Trinajstić information content (AvgIpc) is 3.18. The first kappa shape index (κ1) is 19.4. The van der Waals surface area contributed by atoms with Crippen molar-refractivity contribution in [1.82, 2.24) is 4.98 Å². The maximum Gasteiger partial charge on any atom is 0.280 e. The summed E-state index contributed by atoms with van der Waals surface area (Å²) >= 11 is 1.18. The number of hydrazone groups is 1. The van der Waals surface area contributed by atoms with Crippen molar-refractivity contribution in [3.05, 3.63) is 94.8 Å². The quantitative estimate of drug-likeness (QED) is 0.336. The summed E-state index contributed by atoms with van der Waals surface area (Å²) in [5, 5.41) is 14.9. The second-order valence-corrected chi connectivity index (χ2v) is 7.58. The van der Waals surface area contributed by atoms with Crippen molar-refractivity contribution < 1.29 is 9.18 Å².